The SMILES string of the molecule is C/C=C/CC#CCCCCCCCCCCC(=O)O[C@H]1CC[C@@]2(C)C(=CC[C@H]3[C@@H]4CC[C@H]([C@H](C)CC[C@@H](CC)C(C)C)[C@@]4(C)CC[C@@H]32)C1. The molecular formula is C46H76O2. The molecule has 0 aromatic rings. The molecule has 3 fully saturated rings. The van der Waals surface area contributed by atoms with E-state index >= 15 is 0 Å². The molecule has 0 aromatic heterocycles. The van der Waals surface area contributed by atoms with Crippen LogP contribution in [0, 0.1) is 64.1 Å². The van der Waals surface area contributed by atoms with E-state index in [-0.39, 0.29) is 12.1 Å². The number of allylic oxidation sites excluding steroid dienone is 3. The zero-order valence-corrected chi connectivity index (χ0v) is 32.7. The predicted octanol–water partition coefficient (Wildman–Crippen LogP) is 13.4. The fraction of sp³-hybridized carbons (Fsp3) is 0.848. The number of carbonyl (C=O) groups excluding carboxylic acids is 1. The van der Waals surface area contributed by atoms with Gasteiger partial charge in [-0.05, 0) is 123 Å². The highest BCUT2D eigenvalue weighted by atomic mass is 16.5. The molecule has 4 rings (SSSR count). The van der Waals surface area contributed by atoms with Gasteiger partial charge in [-0.2, -0.15) is 0 Å². The van der Waals surface area contributed by atoms with Crippen molar-refractivity contribution >= 4 is 5.97 Å². The van der Waals surface area contributed by atoms with Crippen LogP contribution in [0.3, 0.4) is 0 Å². The van der Waals surface area contributed by atoms with Gasteiger partial charge in [0.15, 0.2) is 0 Å². The van der Waals surface area contributed by atoms with Gasteiger partial charge in [-0.1, -0.05) is 123 Å². The van der Waals surface area contributed by atoms with E-state index in [1.165, 1.54) is 96.3 Å². The van der Waals surface area contributed by atoms with E-state index < -0.39 is 0 Å². The third-order valence-corrected chi connectivity index (χ3v) is 14.6. The Bertz CT molecular complexity index is 1100. The number of rotatable bonds is 18. The maximum Gasteiger partial charge on any atom is 0.306 e. The molecule has 0 N–H and O–H groups in total. The maximum atomic E-state index is 12.8. The summed E-state index contributed by atoms with van der Waals surface area (Å²) in [5, 5.41) is 0. The second-order valence-electron chi connectivity index (χ2n) is 17.8. The highest BCUT2D eigenvalue weighted by molar-refractivity contribution is 5.69. The van der Waals surface area contributed by atoms with E-state index in [2.05, 4.69) is 71.6 Å². The number of fused-ring (bicyclic) bond motifs is 5. The molecule has 9 atom stereocenters. The Balaban J connectivity index is 1.15. The first-order chi connectivity index (χ1) is 23.1. The molecule has 0 unspecified atom stereocenters. The first-order valence-corrected chi connectivity index (χ1v) is 21.1. The van der Waals surface area contributed by atoms with E-state index in [1.54, 1.807) is 5.57 Å². The molecule has 3 saturated carbocycles. The summed E-state index contributed by atoms with van der Waals surface area (Å²) in [4.78, 5) is 12.8. The van der Waals surface area contributed by atoms with Crippen LogP contribution in [0.1, 0.15) is 190 Å². The van der Waals surface area contributed by atoms with Gasteiger partial charge in [0.05, 0.1) is 0 Å². The Kier molecular flexibility index (Phi) is 15.7. The van der Waals surface area contributed by atoms with Gasteiger partial charge in [0.1, 0.15) is 6.10 Å². The van der Waals surface area contributed by atoms with Crippen LogP contribution in [0.15, 0.2) is 23.8 Å². The van der Waals surface area contributed by atoms with Crippen molar-refractivity contribution in [1.82, 2.24) is 0 Å². The highest BCUT2D eigenvalue weighted by Gasteiger charge is 2.59. The third-order valence-electron chi connectivity index (χ3n) is 14.6. The van der Waals surface area contributed by atoms with Crippen LogP contribution in [0.25, 0.3) is 0 Å². The lowest BCUT2D eigenvalue weighted by Gasteiger charge is -2.58. The summed E-state index contributed by atoms with van der Waals surface area (Å²) in [6.45, 7) is 17.2. The van der Waals surface area contributed by atoms with Crippen LogP contribution in [0.2, 0.25) is 0 Å². The van der Waals surface area contributed by atoms with Crippen LogP contribution in [0.5, 0.6) is 0 Å². The van der Waals surface area contributed by atoms with E-state index in [4.69, 9.17) is 4.74 Å². The fourth-order valence-corrected chi connectivity index (χ4v) is 11.5. The minimum Gasteiger partial charge on any atom is -0.462 e. The van der Waals surface area contributed by atoms with E-state index in [9.17, 15) is 4.79 Å². The highest BCUT2D eigenvalue weighted by Crippen LogP contribution is 2.67. The lowest BCUT2D eigenvalue weighted by molar-refractivity contribution is -0.151. The first kappa shape index (κ1) is 39.3. The summed E-state index contributed by atoms with van der Waals surface area (Å²) >= 11 is 0. The second-order valence-corrected chi connectivity index (χ2v) is 17.8. The van der Waals surface area contributed by atoms with Crippen molar-refractivity contribution in [3.8, 4) is 11.8 Å². The zero-order valence-electron chi connectivity index (χ0n) is 32.7. The molecular weight excluding hydrogens is 585 g/mol. The van der Waals surface area contributed by atoms with Crippen molar-refractivity contribution < 1.29 is 9.53 Å². The molecule has 0 spiro atoms. The number of ether oxygens (including phenoxy) is 1. The van der Waals surface area contributed by atoms with Crippen LogP contribution in [-0.4, -0.2) is 12.1 Å². The molecule has 0 bridgehead atoms. The van der Waals surface area contributed by atoms with Crippen molar-refractivity contribution in [3.63, 3.8) is 0 Å². The zero-order chi connectivity index (χ0) is 34.6. The average Bonchev–Trinajstić information content (AvgIpc) is 3.42. The summed E-state index contributed by atoms with van der Waals surface area (Å²) in [6.07, 6.45) is 33.7. The molecule has 2 heteroatoms. The van der Waals surface area contributed by atoms with E-state index in [0.29, 0.717) is 17.3 Å². The van der Waals surface area contributed by atoms with Crippen LogP contribution in [-0.2, 0) is 9.53 Å². The normalized spacial score (nSPS) is 32.5. The van der Waals surface area contributed by atoms with Crippen molar-refractivity contribution in [1.29, 1.82) is 0 Å². The van der Waals surface area contributed by atoms with Crippen LogP contribution >= 0.6 is 0 Å². The van der Waals surface area contributed by atoms with Gasteiger partial charge in [0.2, 0.25) is 0 Å². The Morgan fingerprint density at radius 3 is 2.35 bits per heavy atom. The van der Waals surface area contributed by atoms with Crippen molar-refractivity contribution in [3.05, 3.63) is 23.8 Å². The van der Waals surface area contributed by atoms with Gasteiger partial charge in [-0.3, -0.25) is 4.79 Å². The molecule has 4 aliphatic rings. The largest absolute Gasteiger partial charge is 0.462 e. The van der Waals surface area contributed by atoms with Gasteiger partial charge < -0.3 is 4.74 Å². The van der Waals surface area contributed by atoms with Gasteiger partial charge in [-0.25, -0.2) is 0 Å². The standard InChI is InChI=1S/C46H76O2/c1-8-10-11-12-13-14-15-16-17-18-19-20-21-22-23-44(47)48-39-30-32-45(6)38(34-39)26-27-40-42-29-28-41(46(42,7)33-31-43(40)45)36(5)24-25-37(9-2)35(3)4/h8,10,26,35-37,39-43H,9,11,14-25,27-34H2,1-7H3/b10-8+/t36-,37-,39+,40+,41-,42+,43+,45+,46-/m1/s1. The molecule has 0 saturated heterocycles. The Hall–Kier alpha value is -1.49. The summed E-state index contributed by atoms with van der Waals surface area (Å²) in [5.74, 6) is 12.6. The smallest absolute Gasteiger partial charge is 0.306 e. The molecule has 0 heterocycles. The average molecular weight is 661 g/mol. The first-order valence-electron chi connectivity index (χ1n) is 21.1. The van der Waals surface area contributed by atoms with Crippen LogP contribution in [0.4, 0.5) is 0 Å². The van der Waals surface area contributed by atoms with Gasteiger partial charge in [-0.15, -0.1) is 5.92 Å². The Labute approximate surface area is 298 Å². The van der Waals surface area contributed by atoms with Gasteiger partial charge in [0, 0.05) is 25.7 Å². The summed E-state index contributed by atoms with van der Waals surface area (Å²) in [6, 6.07) is 0. The molecule has 4 aliphatic carbocycles. The number of hydrogen-bond acceptors (Lipinski definition) is 2. The van der Waals surface area contributed by atoms with Crippen LogP contribution < -0.4 is 0 Å². The van der Waals surface area contributed by atoms with Gasteiger partial charge in [0.25, 0.3) is 0 Å². The van der Waals surface area contributed by atoms with Crippen molar-refractivity contribution in [2.24, 2.45) is 52.3 Å². The quantitative estimate of drug-likeness (QED) is 0.0633. The Morgan fingerprint density at radius 1 is 0.917 bits per heavy atom. The molecule has 0 amide bonds. The predicted molar refractivity (Wildman–Crippen MR) is 205 cm³/mol. The second kappa shape index (κ2) is 19.2. The number of unbranched alkanes of at least 4 members (excludes halogenated alkanes) is 8. The molecule has 0 radical (unpaired) electrons. The third kappa shape index (κ3) is 10.1. The maximum absolute atomic E-state index is 12.8. The van der Waals surface area contributed by atoms with Gasteiger partial charge >= 0.3 is 5.97 Å². The topological polar surface area (TPSA) is 26.3 Å². The lowest BCUT2D eigenvalue weighted by atomic mass is 9.47. The molecule has 2 nitrogen and oxygen atoms in total. The Morgan fingerprint density at radius 2 is 1.65 bits per heavy atom. The monoisotopic (exact) mass is 661 g/mol. The molecule has 272 valence electrons. The minimum atomic E-state index is 0.0478. The number of esters is 1. The van der Waals surface area contributed by atoms with E-state index in [0.717, 1.165) is 80.0 Å². The lowest BCUT2D eigenvalue weighted by Crippen LogP contribution is -2.51. The van der Waals surface area contributed by atoms with E-state index in [1.807, 2.05) is 6.92 Å². The molecule has 0 aromatic carbocycles. The van der Waals surface area contributed by atoms with Crippen molar-refractivity contribution in [2.75, 3.05) is 0 Å². The summed E-state index contributed by atoms with van der Waals surface area (Å²) in [7, 11) is 0. The number of hydrogen-bond donors (Lipinski definition) is 0. The van der Waals surface area contributed by atoms with Crippen molar-refractivity contribution in [2.45, 2.75) is 196 Å². The molecule has 0 aliphatic heterocycles. The number of carbonyl (C=O) groups is 1. The summed E-state index contributed by atoms with van der Waals surface area (Å²) < 4.78 is 6.13. The minimum absolute atomic E-state index is 0.0478. The summed E-state index contributed by atoms with van der Waals surface area (Å²) in [5.41, 5.74) is 2.50. The fourth-order valence-electron chi connectivity index (χ4n) is 11.5. The molecule has 48 heavy (non-hydrogen) atoms.